The molecule has 1 heterocycles. The lowest BCUT2D eigenvalue weighted by molar-refractivity contribution is 0.0171. The Morgan fingerprint density at radius 2 is 2.15 bits per heavy atom. The number of carbonyl (C=O) groups is 1. The van der Waals surface area contributed by atoms with Gasteiger partial charge in [0, 0.05) is 6.92 Å². The molecule has 0 bridgehead atoms. The average Bonchev–Trinajstić information content (AvgIpc) is 2.29. The number of nitrogens with zero attached hydrogens (tertiary/aromatic N) is 1. The Bertz CT molecular complexity index is 343. The molecule has 0 saturated carbocycles. The summed E-state index contributed by atoms with van der Waals surface area (Å²) in [6.45, 7) is 2.09. The van der Waals surface area contributed by atoms with Crippen molar-refractivity contribution in [1.29, 1.82) is 0 Å². The van der Waals surface area contributed by atoms with Crippen LogP contribution >= 0.6 is 11.3 Å². The molecule has 1 rings (SSSR count). The molecule has 1 aromatic heterocycles. The smallest absolute Gasteiger partial charge is 0.347 e. The Morgan fingerprint density at radius 3 is 2.38 bits per heavy atom. The van der Waals surface area contributed by atoms with Crippen molar-refractivity contribution in [3.05, 3.63) is 15.6 Å². The molecule has 0 unspecified atom stereocenters. The molecule has 1 N–H and O–H groups in total. The van der Waals surface area contributed by atoms with E-state index in [1.165, 1.54) is 6.92 Å². The summed E-state index contributed by atoms with van der Waals surface area (Å²) < 4.78 is 25.3. The van der Waals surface area contributed by atoms with Gasteiger partial charge in [0.2, 0.25) is 0 Å². The van der Waals surface area contributed by atoms with Crippen molar-refractivity contribution in [2.24, 2.45) is 0 Å². The van der Waals surface area contributed by atoms with Crippen LogP contribution in [0.5, 0.6) is 0 Å². The summed E-state index contributed by atoms with van der Waals surface area (Å²) in [6.07, 6.45) is 0. The van der Waals surface area contributed by atoms with E-state index < -0.39 is 16.9 Å². The Kier molecular flexibility index (Phi) is 2.34. The van der Waals surface area contributed by atoms with Gasteiger partial charge < -0.3 is 5.11 Å². The third-order valence-corrected chi connectivity index (χ3v) is 2.68. The largest absolute Gasteiger partial charge is 0.477 e. The number of aryl methyl sites for hydroxylation is 1. The number of carboxylic acids is 1. The predicted molar refractivity (Wildman–Crippen MR) is 43.4 cm³/mol. The van der Waals surface area contributed by atoms with Gasteiger partial charge in [-0.3, -0.25) is 0 Å². The van der Waals surface area contributed by atoms with Gasteiger partial charge in [0.15, 0.2) is 5.01 Å². The molecule has 0 saturated heterocycles. The highest BCUT2D eigenvalue weighted by molar-refractivity contribution is 7.13. The second-order valence-electron chi connectivity index (χ2n) is 2.63. The van der Waals surface area contributed by atoms with E-state index in [1.807, 2.05) is 0 Å². The molecule has 0 fully saturated rings. The Morgan fingerprint density at radius 1 is 1.62 bits per heavy atom. The van der Waals surface area contributed by atoms with Crippen LogP contribution in [0.2, 0.25) is 0 Å². The van der Waals surface area contributed by atoms with Gasteiger partial charge in [-0.1, -0.05) is 0 Å². The summed E-state index contributed by atoms with van der Waals surface area (Å²) in [6, 6.07) is 0. The standard InChI is InChI=1S/C7H7F2NO2S/c1-3-4(5(11)12)13-6(10-3)7(2,8)9/h1-2H3,(H,11,12). The van der Waals surface area contributed by atoms with Gasteiger partial charge in [-0.05, 0) is 6.92 Å². The Labute approximate surface area is 77.0 Å². The van der Waals surface area contributed by atoms with Gasteiger partial charge in [0.25, 0.3) is 5.92 Å². The molecule has 0 radical (unpaired) electrons. The molecule has 72 valence electrons. The van der Waals surface area contributed by atoms with Crippen molar-refractivity contribution < 1.29 is 18.7 Å². The number of aromatic carboxylic acids is 1. The van der Waals surface area contributed by atoms with Crippen LogP contribution < -0.4 is 0 Å². The van der Waals surface area contributed by atoms with Crippen molar-refractivity contribution in [2.45, 2.75) is 19.8 Å². The molecule has 0 aliphatic heterocycles. The molecular weight excluding hydrogens is 200 g/mol. The SMILES string of the molecule is Cc1nc(C(C)(F)F)sc1C(=O)O. The van der Waals surface area contributed by atoms with Crippen molar-refractivity contribution in [3.8, 4) is 0 Å². The Balaban J connectivity index is 3.17. The van der Waals surface area contributed by atoms with Crippen molar-refractivity contribution >= 4 is 17.3 Å². The average molecular weight is 207 g/mol. The van der Waals surface area contributed by atoms with Gasteiger partial charge in [-0.2, -0.15) is 8.78 Å². The second kappa shape index (κ2) is 3.02. The molecule has 1 aromatic rings. The molecular formula is C7H7F2NO2S. The summed E-state index contributed by atoms with van der Waals surface area (Å²) >= 11 is 0.514. The van der Waals surface area contributed by atoms with Crippen LogP contribution in [0.15, 0.2) is 0 Å². The minimum Gasteiger partial charge on any atom is -0.477 e. The fraction of sp³-hybridized carbons (Fsp3) is 0.429. The molecule has 0 atom stereocenters. The first-order valence-electron chi connectivity index (χ1n) is 3.41. The van der Waals surface area contributed by atoms with E-state index in [9.17, 15) is 13.6 Å². The molecule has 0 aliphatic rings. The van der Waals surface area contributed by atoms with Gasteiger partial charge >= 0.3 is 5.97 Å². The first-order valence-corrected chi connectivity index (χ1v) is 4.23. The van der Waals surface area contributed by atoms with Crippen LogP contribution in [0.25, 0.3) is 0 Å². The molecule has 13 heavy (non-hydrogen) atoms. The molecule has 6 heteroatoms. The summed E-state index contributed by atoms with van der Waals surface area (Å²) in [5.41, 5.74) is 0.133. The van der Waals surface area contributed by atoms with Crippen molar-refractivity contribution in [1.82, 2.24) is 4.98 Å². The molecule has 0 amide bonds. The second-order valence-corrected chi connectivity index (χ2v) is 3.63. The number of hydrogen-bond donors (Lipinski definition) is 1. The number of aromatic nitrogens is 1. The lowest BCUT2D eigenvalue weighted by Gasteiger charge is -2.03. The first-order chi connectivity index (χ1) is 5.82. The van der Waals surface area contributed by atoms with Gasteiger partial charge in [-0.15, -0.1) is 11.3 Å². The van der Waals surface area contributed by atoms with Gasteiger partial charge in [0.1, 0.15) is 4.88 Å². The van der Waals surface area contributed by atoms with Crippen LogP contribution in [0.4, 0.5) is 8.78 Å². The zero-order valence-corrected chi connectivity index (χ0v) is 7.78. The maximum atomic E-state index is 12.7. The summed E-state index contributed by atoms with van der Waals surface area (Å²) in [7, 11) is 0. The van der Waals surface area contributed by atoms with Crippen LogP contribution in [0.1, 0.15) is 27.3 Å². The van der Waals surface area contributed by atoms with Crippen LogP contribution in [0, 0.1) is 6.92 Å². The fourth-order valence-electron chi connectivity index (χ4n) is 0.783. The quantitative estimate of drug-likeness (QED) is 0.809. The molecule has 0 aliphatic carbocycles. The Hall–Kier alpha value is -1.04. The van der Waals surface area contributed by atoms with E-state index >= 15 is 0 Å². The number of thiazole rings is 1. The molecule has 3 nitrogen and oxygen atoms in total. The highest BCUT2D eigenvalue weighted by Crippen LogP contribution is 2.32. The maximum Gasteiger partial charge on any atom is 0.347 e. The van der Waals surface area contributed by atoms with Crippen molar-refractivity contribution in [3.63, 3.8) is 0 Å². The monoisotopic (exact) mass is 207 g/mol. The van der Waals surface area contributed by atoms with E-state index in [1.54, 1.807) is 0 Å². The number of hydrogen-bond acceptors (Lipinski definition) is 3. The van der Waals surface area contributed by atoms with Crippen LogP contribution in [0.3, 0.4) is 0 Å². The van der Waals surface area contributed by atoms with E-state index in [0.717, 1.165) is 0 Å². The summed E-state index contributed by atoms with van der Waals surface area (Å²) in [5.74, 6) is -4.28. The summed E-state index contributed by atoms with van der Waals surface area (Å²) in [5, 5.41) is 8.11. The first kappa shape index (κ1) is 10.0. The van der Waals surface area contributed by atoms with E-state index in [-0.39, 0.29) is 10.6 Å². The van der Waals surface area contributed by atoms with E-state index in [0.29, 0.717) is 18.3 Å². The van der Waals surface area contributed by atoms with E-state index in [2.05, 4.69) is 4.98 Å². The zero-order chi connectivity index (χ0) is 10.2. The number of halogens is 2. The highest BCUT2D eigenvalue weighted by Gasteiger charge is 2.30. The molecule has 0 aromatic carbocycles. The van der Waals surface area contributed by atoms with Gasteiger partial charge in [0.05, 0.1) is 5.69 Å². The van der Waals surface area contributed by atoms with Gasteiger partial charge in [-0.25, -0.2) is 9.78 Å². The summed E-state index contributed by atoms with van der Waals surface area (Å²) in [4.78, 5) is 13.9. The maximum absolute atomic E-state index is 12.7. The third kappa shape index (κ3) is 2.00. The number of alkyl halides is 2. The third-order valence-electron chi connectivity index (χ3n) is 1.37. The molecule has 0 spiro atoms. The highest BCUT2D eigenvalue weighted by atomic mass is 32.1. The predicted octanol–water partition coefficient (Wildman–Crippen LogP) is 2.26. The normalized spacial score (nSPS) is 11.7. The lowest BCUT2D eigenvalue weighted by Crippen LogP contribution is -2.05. The minimum atomic E-state index is -3.07. The topological polar surface area (TPSA) is 50.2 Å². The lowest BCUT2D eigenvalue weighted by atomic mass is 10.4. The van der Waals surface area contributed by atoms with Crippen molar-refractivity contribution in [2.75, 3.05) is 0 Å². The van der Waals surface area contributed by atoms with Crippen LogP contribution in [-0.4, -0.2) is 16.1 Å². The van der Waals surface area contributed by atoms with Crippen LogP contribution in [-0.2, 0) is 5.92 Å². The number of rotatable bonds is 2. The fourth-order valence-corrected chi connectivity index (χ4v) is 1.62. The zero-order valence-electron chi connectivity index (χ0n) is 6.97. The van der Waals surface area contributed by atoms with E-state index in [4.69, 9.17) is 5.11 Å². The minimum absolute atomic E-state index is 0.128. The number of carboxylic acid groups (broad SMARTS) is 1.